The largest absolute Gasteiger partial charge is 0.319 e. The van der Waals surface area contributed by atoms with Gasteiger partial charge in [0.05, 0.1) is 17.0 Å². The highest BCUT2D eigenvalue weighted by Gasteiger charge is 2.31. The van der Waals surface area contributed by atoms with Gasteiger partial charge in [-0.1, -0.05) is 57.9 Å². The van der Waals surface area contributed by atoms with E-state index in [9.17, 15) is 22.0 Å². The van der Waals surface area contributed by atoms with E-state index in [0.29, 0.717) is 38.0 Å². The van der Waals surface area contributed by atoms with Crippen molar-refractivity contribution in [3.8, 4) is 0 Å². The number of nitrogens with zero attached hydrogens (tertiary/aromatic N) is 1. The molecular weight excluding hydrogens is 520 g/mol. The number of hydrogen-bond donors (Lipinski definition) is 2. The van der Waals surface area contributed by atoms with Crippen LogP contribution in [0.5, 0.6) is 0 Å². The second kappa shape index (κ2) is 15.8. The molecule has 216 valence electrons. The number of likely N-dealkylation sites (N-methyl/N-ethyl adjacent to an activating group) is 1. The molecule has 2 rings (SSSR count). The number of rotatable bonds is 16. The van der Waals surface area contributed by atoms with Crippen LogP contribution in [0.4, 0.5) is 8.78 Å². The van der Waals surface area contributed by atoms with E-state index in [1.165, 1.54) is 35.7 Å². The van der Waals surface area contributed by atoms with Crippen molar-refractivity contribution in [3.63, 3.8) is 0 Å². The standard InChI is InChI=1S/C30H43F2N3O3S/c1-5-9-28(10-6-2)39(37,38)21-29(33)30(36)35(4)27(18-24-16-25(31)19-26(32)17-24)13-14-34-20-23-12-8-11-22(7-3)15-23/h8,11-12,15-19,28-29,34H,5-7,9-10,13-14,20-21,33H2,1-4H3/b27-18+. The summed E-state index contributed by atoms with van der Waals surface area (Å²) in [4.78, 5) is 14.6. The number of benzene rings is 2. The number of hydrogen-bond acceptors (Lipinski definition) is 5. The minimum Gasteiger partial charge on any atom is -0.319 e. The number of nitrogens with two attached hydrogens (primary N) is 1. The van der Waals surface area contributed by atoms with E-state index in [0.717, 1.165) is 30.9 Å². The lowest BCUT2D eigenvalue weighted by Crippen LogP contribution is -2.47. The predicted molar refractivity (Wildman–Crippen MR) is 155 cm³/mol. The Hall–Kier alpha value is -2.62. The maximum atomic E-state index is 13.9. The van der Waals surface area contributed by atoms with Gasteiger partial charge in [0.15, 0.2) is 9.84 Å². The summed E-state index contributed by atoms with van der Waals surface area (Å²) in [7, 11) is -2.07. The van der Waals surface area contributed by atoms with Crippen molar-refractivity contribution in [3.05, 3.63) is 76.5 Å². The van der Waals surface area contributed by atoms with Crippen molar-refractivity contribution in [2.75, 3.05) is 19.3 Å². The molecule has 0 bridgehead atoms. The van der Waals surface area contributed by atoms with Gasteiger partial charge in [-0.25, -0.2) is 17.2 Å². The van der Waals surface area contributed by atoms with Gasteiger partial charge >= 0.3 is 0 Å². The minimum absolute atomic E-state index is 0.255. The summed E-state index contributed by atoms with van der Waals surface area (Å²) in [5.74, 6) is -2.48. The van der Waals surface area contributed by atoms with E-state index in [2.05, 4.69) is 24.4 Å². The van der Waals surface area contributed by atoms with E-state index in [1.807, 2.05) is 26.0 Å². The molecule has 1 unspecified atom stereocenters. The first-order chi connectivity index (χ1) is 18.5. The number of halogens is 2. The normalized spacial score (nSPS) is 13.1. The van der Waals surface area contributed by atoms with E-state index < -0.39 is 44.4 Å². The molecule has 0 fully saturated rings. The number of carbonyl (C=O) groups is 1. The Morgan fingerprint density at radius 1 is 1.03 bits per heavy atom. The first-order valence-corrected chi connectivity index (χ1v) is 15.4. The van der Waals surface area contributed by atoms with Crippen LogP contribution in [-0.4, -0.2) is 49.9 Å². The molecule has 0 spiro atoms. The van der Waals surface area contributed by atoms with Crippen LogP contribution in [0.15, 0.2) is 48.2 Å². The lowest BCUT2D eigenvalue weighted by Gasteiger charge is -2.26. The van der Waals surface area contributed by atoms with E-state index in [4.69, 9.17) is 5.73 Å². The smallest absolute Gasteiger partial charge is 0.244 e. The third-order valence-corrected chi connectivity index (χ3v) is 9.04. The average Bonchev–Trinajstić information content (AvgIpc) is 2.88. The zero-order chi connectivity index (χ0) is 29.0. The van der Waals surface area contributed by atoms with Gasteiger partial charge in [0.2, 0.25) is 5.91 Å². The fraction of sp³-hybridized carbons (Fsp3) is 0.500. The Bertz CT molecular complexity index is 1190. The highest BCUT2D eigenvalue weighted by molar-refractivity contribution is 7.92. The van der Waals surface area contributed by atoms with Crippen LogP contribution in [0.2, 0.25) is 0 Å². The molecule has 2 aromatic rings. The van der Waals surface area contributed by atoms with Gasteiger partial charge in [0, 0.05) is 38.3 Å². The van der Waals surface area contributed by atoms with Crippen molar-refractivity contribution >= 4 is 21.8 Å². The fourth-order valence-corrected chi connectivity index (χ4v) is 6.70. The molecule has 0 aliphatic carbocycles. The van der Waals surface area contributed by atoms with Crippen LogP contribution in [0, 0.1) is 11.6 Å². The molecule has 3 N–H and O–H groups in total. The predicted octanol–water partition coefficient (Wildman–Crippen LogP) is 5.22. The van der Waals surface area contributed by atoms with Gasteiger partial charge in [-0.3, -0.25) is 4.79 Å². The topological polar surface area (TPSA) is 92.5 Å². The van der Waals surface area contributed by atoms with E-state index >= 15 is 0 Å². The van der Waals surface area contributed by atoms with Gasteiger partial charge in [-0.15, -0.1) is 0 Å². The highest BCUT2D eigenvalue weighted by atomic mass is 32.2. The molecule has 0 heterocycles. The van der Waals surface area contributed by atoms with Crippen LogP contribution in [0.3, 0.4) is 0 Å². The van der Waals surface area contributed by atoms with Gasteiger partial charge in [-0.2, -0.15) is 0 Å². The number of sulfone groups is 1. The summed E-state index contributed by atoms with van der Waals surface area (Å²) in [5, 5.41) is 2.81. The average molecular weight is 564 g/mol. The van der Waals surface area contributed by atoms with Crippen molar-refractivity contribution in [2.24, 2.45) is 5.73 Å². The Morgan fingerprint density at radius 2 is 1.64 bits per heavy atom. The van der Waals surface area contributed by atoms with Gasteiger partial charge in [0.25, 0.3) is 0 Å². The molecule has 0 radical (unpaired) electrons. The molecule has 0 aromatic heterocycles. The van der Waals surface area contributed by atoms with Crippen LogP contribution < -0.4 is 11.1 Å². The molecule has 1 atom stereocenters. The van der Waals surface area contributed by atoms with E-state index in [1.54, 1.807) is 0 Å². The first kappa shape index (κ1) is 32.6. The number of carbonyl (C=O) groups excluding carboxylic acids is 1. The highest BCUT2D eigenvalue weighted by Crippen LogP contribution is 2.19. The molecule has 0 saturated carbocycles. The monoisotopic (exact) mass is 563 g/mol. The molecular formula is C30H43F2N3O3S. The Morgan fingerprint density at radius 3 is 2.23 bits per heavy atom. The molecule has 39 heavy (non-hydrogen) atoms. The van der Waals surface area contributed by atoms with Crippen LogP contribution in [0.25, 0.3) is 6.08 Å². The fourth-order valence-electron chi connectivity index (χ4n) is 4.59. The molecule has 0 aliphatic heterocycles. The zero-order valence-corrected chi connectivity index (χ0v) is 24.4. The third kappa shape index (κ3) is 10.5. The van der Waals surface area contributed by atoms with Crippen LogP contribution in [0.1, 0.15) is 69.6 Å². The Kier molecular flexibility index (Phi) is 13.2. The summed E-state index contributed by atoms with van der Waals surface area (Å²) in [6.45, 7) is 7.03. The summed E-state index contributed by atoms with van der Waals surface area (Å²) in [6, 6.07) is 10.1. The summed E-state index contributed by atoms with van der Waals surface area (Å²) >= 11 is 0. The second-order valence-corrected chi connectivity index (χ2v) is 12.3. The molecule has 9 heteroatoms. The summed E-state index contributed by atoms with van der Waals surface area (Å²) in [5.41, 5.74) is 9.21. The van der Waals surface area contributed by atoms with Crippen molar-refractivity contribution in [1.82, 2.24) is 10.2 Å². The van der Waals surface area contributed by atoms with Crippen molar-refractivity contribution in [2.45, 2.75) is 77.1 Å². The lowest BCUT2D eigenvalue weighted by atomic mass is 10.1. The van der Waals surface area contributed by atoms with Crippen molar-refractivity contribution < 1.29 is 22.0 Å². The molecule has 6 nitrogen and oxygen atoms in total. The van der Waals surface area contributed by atoms with Gasteiger partial charge in [0.1, 0.15) is 11.6 Å². The molecule has 0 saturated heterocycles. The number of aryl methyl sites for hydroxylation is 1. The van der Waals surface area contributed by atoms with Gasteiger partial charge < -0.3 is 16.0 Å². The van der Waals surface area contributed by atoms with Gasteiger partial charge in [-0.05, 0) is 54.2 Å². The van der Waals surface area contributed by atoms with Crippen LogP contribution in [-0.2, 0) is 27.6 Å². The molecule has 0 aliphatic rings. The first-order valence-electron chi connectivity index (χ1n) is 13.7. The summed E-state index contributed by atoms with van der Waals surface area (Å²) in [6.07, 6.45) is 5.31. The Balaban J connectivity index is 2.20. The maximum Gasteiger partial charge on any atom is 0.244 e. The molecule has 1 amide bonds. The number of amides is 1. The molecule has 2 aromatic carbocycles. The van der Waals surface area contributed by atoms with Crippen LogP contribution >= 0.6 is 0 Å². The SMILES string of the molecule is CCCC(CCC)S(=O)(=O)CC(N)C(=O)N(C)/C(=C/c1cc(F)cc(F)c1)CCNCc1cccc(CC)c1. The minimum atomic E-state index is -3.58. The second-order valence-electron chi connectivity index (χ2n) is 9.97. The maximum absolute atomic E-state index is 13.9. The van der Waals surface area contributed by atoms with Crippen molar-refractivity contribution in [1.29, 1.82) is 0 Å². The van der Waals surface area contributed by atoms with E-state index in [-0.39, 0.29) is 5.56 Å². The Labute approximate surface area is 232 Å². The summed E-state index contributed by atoms with van der Waals surface area (Å²) < 4.78 is 53.8. The zero-order valence-electron chi connectivity index (χ0n) is 23.6. The quantitative estimate of drug-likeness (QED) is 0.273. The lowest BCUT2D eigenvalue weighted by molar-refractivity contribution is -0.129. The third-order valence-electron chi connectivity index (χ3n) is 6.72. The number of nitrogens with one attached hydrogen (secondary N) is 1.